The number of quaternary nitrogens is 1. The van der Waals surface area contributed by atoms with Crippen LogP contribution in [0, 0.1) is 0 Å². The van der Waals surface area contributed by atoms with E-state index in [1.54, 1.807) is 0 Å². The van der Waals surface area contributed by atoms with E-state index < -0.39 is 0 Å². The van der Waals surface area contributed by atoms with Gasteiger partial charge in [-0.05, 0) is 32.9 Å². The summed E-state index contributed by atoms with van der Waals surface area (Å²) in [4.78, 5) is 0. The van der Waals surface area contributed by atoms with Gasteiger partial charge in [0.15, 0.2) is 0 Å². The fourth-order valence-corrected chi connectivity index (χ4v) is 2.02. The minimum absolute atomic E-state index is 0. The smallest absolute Gasteiger partial charge is 0.137 e. The van der Waals surface area contributed by atoms with Gasteiger partial charge in [-0.2, -0.15) is 0 Å². The van der Waals surface area contributed by atoms with Gasteiger partial charge >= 0.3 is 0 Å². The fourth-order valence-electron chi connectivity index (χ4n) is 2.02. The molecule has 0 saturated heterocycles. The Morgan fingerprint density at radius 3 is 1.94 bits per heavy atom. The molecule has 3 heteroatoms. The zero-order valence-corrected chi connectivity index (χ0v) is 13.3. The van der Waals surface area contributed by atoms with Crippen LogP contribution in [0.2, 0.25) is 0 Å². The highest BCUT2D eigenvalue weighted by Crippen LogP contribution is 2.10. The monoisotopic (exact) mass is 349 g/mol. The summed E-state index contributed by atoms with van der Waals surface area (Å²) in [5.41, 5.74) is 0. The van der Waals surface area contributed by atoms with Gasteiger partial charge in [-0.1, -0.05) is 18.2 Å². The number of halogens is 1. The van der Waals surface area contributed by atoms with Crippen LogP contribution in [-0.2, 0) is 0 Å². The Balaban J connectivity index is 0.00000256. The van der Waals surface area contributed by atoms with Crippen molar-refractivity contribution in [3.63, 3.8) is 0 Å². The van der Waals surface area contributed by atoms with Crippen molar-refractivity contribution in [2.45, 2.75) is 20.8 Å². The van der Waals surface area contributed by atoms with Crippen LogP contribution in [0.5, 0.6) is 5.75 Å². The lowest BCUT2D eigenvalue weighted by Gasteiger charge is -2.35. The number of para-hydroxylation sites is 1. The molecule has 0 aromatic heterocycles. The summed E-state index contributed by atoms with van der Waals surface area (Å²) in [6.45, 7) is 12.2. The summed E-state index contributed by atoms with van der Waals surface area (Å²) in [5, 5.41) is 0. The molecule has 0 spiro atoms. The van der Waals surface area contributed by atoms with Crippen LogP contribution in [0.4, 0.5) is 0 Å². The molecular weight excluding hydrogens is 325 g/mol. The van der Waals surface area contributed by atoms with Crippen LogP contribution < -0.4 is 28.7 Å². The highest BCUT2D eigenvalue weighted by atomic mass is 127. The SMILES string of the molecule is CC[N+](CC)(CC)CCOc1ccccc1.[I-]. The van der Waals surface area contributed by atoms with Crippen molar-refractivity contribution in [1.29, 1.82) is 0 Å². The summed E-state index contributed by atoms with van der Waals surface area (Å²) in [5.74, 6) is 0.976. The molecule has 0 N–H and O–H groups in total. The van der Waals surface area contributed by atoms with Gasteiger partial charge in [0.25, 0.3) is 0 Å². The molecule has 1 aromatic carbocycles. The van der Waals surface area contributed by atoms with Gasteiger partial charge in [0.2, 0.25) is 0 Å². The quantitative estimate of drug-likeness (QED) is 0.495. The molecule has 0 unspecified atom stereocenters. The molecule has 0 aliphatic carbocycles. The molecule has 0 amide bonds. The van der Waals surface area contributed by atoms with Gasteiger partial charge in [0, 0.05) is 0 Å². The second kappa shape index (κ2) is 8.75. The Morgan fingerprint density at radius 2 is 1.47 bits per heavy atom. The molecule has 0 fully saturated rings. The number of rotatable bonds is 7. The lowest BCUT2D eigenvalue weighted by molar-refractivity contribution is -0.923. The maximum absolute atomic E-state index is 5.75. The molecule has 2 nitrogen and oxygen atoms in total. The first kappa shape index (κ1) is 16.7. The topological polar surface area (TPSA) is 9.23 Å². The predicted molar refractivity (Wildman–Crippen MR) is 68.7 cm³/mol. The van der Waals surface area contributed by atoms with E-state index in [0.717, 1.165) is 23.4 Å². The molecular formula is C14H24INO. The average Bonchev–Trinajstić information content (AvgIpc) is 2.37. The van der Waals surface area contributed by atoms with Crippen LogP contribution in [0.15, 0.2) is 30.3 Å². The molecule has 98 valence electrons. The van der Waals surface area contributed by atoms with Crippen molar-refractivity contribution >= 4 is 0 Å². The Hall–Kier alpha value is -0.290. The van der Waals surface area contributed by atoms with Crippen molar-refractivity contribution in [3.05, 3.63) is 30.3 Å². The minimum atomic E-state index is 0. The molecule has 1 aromatic rings. The van der Waals surface area contributed by atoms with E-state index in [2.05, 4.69) is 20.8 Å². The van der Waals surface area contributed by atoms with E-state index in [-0.39, 0.29) is 24.0 Å². The van der Waals surface area contributed by atoms with Crippen LogP contribution in [-0.4, -0.2) is 37.3 Å². The highest BCUT2D eigenvalue weighted by Gasteiger charge is 2.20. The number of hydrogen-bond acceptors (Lipinski definition) is 1. The van der Waals surface area contributed by atoms with E-state index in [0.29, 0.717) is 0 Å². The first-order valence-corrected chi connectivity index (χ1v) is 6.29. The third-order valence-corrected chi connectivity index (χ3v) is 3.59. The zero-order chi connectivity index (χ0) is 11.9. The molecule has 0 heterocycles. The van der Waals surface area contributed by atoms with Gasteiger partial charge < -0.3 is 33.2 Å². The number of nitrogens with zero attached hydrogens (tertiary/aromatic N) is 1. The lowest BCUT2D eigenvalue weighted by Crippen LogP contribution is -3.00. The molecule has 0 bridgehead atoms. The highest BCUT2D eigenvalue weighted by molar-refractivity contribution is 5.20. The van der Waals surface area contributed by atoms with Crippen LogP contribution in [0.3, 0.4) is 0 Å². The number of hydrogen-bond donors (Lipinski definition) is 0. The van der Waals surface area contributed by atoms with Gasteiger partial charge in [-0.15, -0.1) is 0 Å². The van der Waals surface area contributed by atoms with Crippen molar-refractivity contribution in [1.82, 2.24) is 0 Å². The van der Waals surface area contributed by atoms with Crippen molar-refractivity contribution in [2.24, 2.45) is 0 Å². The van der Waals surface area contributed by atoms with Crippen LogP contribution >= 0.6 is 0 Å². The third-order valence-electron chi connectivity index (χ3n) is 3.59. The molecule has 17 heavy (non-hydrogen) atoms. The summed E-state index contributed by atoms with van der Waals surface area (Å²) in [6, 6.07) is 10.1. The van der Waals surface area contributed by atoms with Gasteiger partial charge in [0.1, 0.15) is 18.9 Å². The fraction of sp³-hybridized carbons (Fsp3) is 0.571. The van der Waals surface area contributed by atoms with Crippen molar-refractivity contribution in [2.75, 3.05) is 32.8 Å². The standard InChI is InChI=1S/C14H24NO.HI/c1-4-15(5-2,6-3)12-13-16-14-10-8-7-9-11-14;/h7-11H,4-6,12-13H2,1-3H3;1H/q+1;/p-1. The number of ether oxygens (including phenoxy) is 1. The summed E-state index contributed by atoms with van der Waals surface area (Å²) in [7, 11) is 0. The Labute approximate surface area is 123 Å². The maximum Gasteiger partial charge on any atom is 0.137 e. The zero-order valence-electron chi connectivity index (χ0n) is 11.2. The Morgan fingerprint density at radius 1 is 0.941 bits per heavy atom. The second-order valence-corrected chi connectivity index (χ2v) is 4.18. The van der Waals surface area contributed by atoms with E-state index in [4.69, 9.17) is 4.74 Å². The largest absolute Gasteiger partial charge is 1.00 e. The molecule has 1 rings (SSSR count). The molecule has 0 radical (unpaired) electrons. The third kappa shape index (κ3) is 5.25. The molecule has 0 aliphatic heterocycles. The minimum Gasteiger partial charge on any atom is -1.00 e. The summed E-state index contributed by atoms with van der Waals surface area (Å²) < 4.78 is 6.90. The van der Waals surface area contributed by atoms with E-state index in [1.807, 2.05) is 30.3 Å². The van der Waals surface area contributed by atoms with Gasteiger partial charge in [0.05, 0.1) is 19.6 Å². The van der Waals surface area contributed by atoms with Crippen LogP contribution in [0.25, 0.3) is 0 Å². The predicted octanol–water partition coefficient (Wildman–Crippen LogP) is -0.0541. The van der Waals surface area contributed by atoms with Crippen molar-refractivity contribution in [3.8, 4) is 5.75 Å². The molecule has 0 saturated carbocycles. The Bertz CT molecular complexity index is 277. The van der Waals surface area contributed by atoms with E-state index in [9.17, 15) is 0 Å². The molecule has 0 aliphatic rings. The average molecular weight is 349 g/mol. The lowest BCUT2D eigenvalue weighted by atomic mass is 10.3. The first-order chi connectivity index (χ1) is 7.76. The van der Waals surface area contributed by atoms with Crippen LogP contribution in [0.1, 0.15) is 20.8 Å². The first-order valence-electron chi connectivity index (χ1n) is 6.29. The normalized spacial score (nSPS) is 10.8. The maximum atomic E-state index is 5.75. The van der Waals surface area contributed by atoms with Gasteiger partial charge in [-0.3, -0.25) is 0 Å². The van der Waals surface area contributed by atoms with Crippen molar-refractivity contribution < 1.29 is 33.2 Å². The molecule has 0 atom stereocenters. The summed E-state index contributed by atoms with van der Waals surface area (Å²) in [6.07, 6.45) is 0. The Kier molecular flexibility index (Phi) is 8.60. The van der Waals surface area contributed by atoms with E-state index in [1.165, 1.54) is 19.6 Å². The summed E-state index contributed by atoms with van der Waals surface area (Å²) >= 11 is 0. The second-order valence-electron chi connectivity index (χ2n) is 4.18. The van der Waals surface area contributed by atoms with Gasteiger partial charge in [-0.25, -0.2) is 0 Å². The number of likely N-dealkylation sites (N-methyl/N-ethyl adjacent to an activating group) is 1. The van der Waals surface area contributed by atoms with E-state index >= 15 is 0 Å². The number of benzene rings is 1.